The van der Waals surface area contributed by atoms with Crippen molar-refractivity contribution in [2.24, 2.45) is 5.73 Å². The number of nitrogens with one attached hydrogen (secondary N) is 1. The third-order valence-electron chi connectivity index (χ3n) is 2.42. The molecule has 0 amide bonds. The fraction of sp³-hybridized carbons (Fsp3) is 0. The van der Waals surface area contributed by atoms with Gasteiger partial charge in [0.2, 0.25) is 0 Å². The van der Waals surface area contributed by atoms with E-state index < -0.39 is 23.2 Å². The van der Waals surface area contributed by atoms with Crippen LogP contribution >= 0.6 is 27.5 Å². The number of nitrogens with two attached hydrogens (primary N) is 1. The van der Waals surface area contributed by atoms with Crippen molar-refractivity contribution in [1.29, 1.82) is 5.41 Å². The number of rotatable bonds is 3. The smallest absolute Gasteiger partial charge is 0.198 e. The Morgan fingerprint density at radius 3 is 2.30 bits per heavy atom. The first kappa shape index (κ1) is 14.7. The van der Waals surface area contributed by atoms with Gasteiger partial charge in [0.05, 0.1) is 4.47 Å². The summed E-state index contributed by atoms with van der Waals surface area (Å²) < 4.78 is 33.3. The number of ether oxygens (including phenoxy) is 1. The van der Waals surface area contributed by atoms with Crippen molar-refractivity contribution < 1.29 is 13.5 Å². The summed E-state index contributed by atoms with van der Waals surface area (Å²) in [7, 11) is 0. The lowest BCUT2D eigenvalue weighted by Gasteiger charge is -2.11. The Kier molecular flexibility index (Phi) is 4.25. The summed E-state index contributed by atoms with van der Waals surface area (Å²) in [6.07, 6.45) is 0. The topological polar surface area (TPSA) is 59.1 Å². The molecule has 2 aromatic carbocycles. The molecule has 3 N–H and O–H groups in total. The maximum Gasteiger partial charge on any atom is 0.198 e. The molecule has 0 atom stereocenters. The van der Waals surface area contributed by atoms with E-state index in [2.05, 4.69) is 15.9 Å². The molecule has 0 bridgehead atoms. The van der Waals surface area contributed by atoms with Gasteiger partial charge in [0.1, 0.15) is 11.6 Å². The van der Waals surface area contributed by atoms with Gasteiger partial charge in [-0.3, -0.25) is 5.41 Å². The average Bonchev–Trinajstić information content (AvgIpc) is 2.35. The summed E-state index contributed by atoms with van der Waals surface area (Å²) in [6, 6.07) is 6.41. The molecule has 0 fully saturated rings. The molecule has 0 unspecified atom stereocenters. The van der Waals surface area contributed by atoms with E-state index in [0.29, 0.717) is 9.50 Å². The summed E-state index contributed by atoms with van der Waals surface area (Å²) in [5.74, 6) is -2.68. The van der Waals surface area contributed by atoms with Gasteiger partial charge in [-0.15, -0.1) is 0 Å². The second-order valence-electron chi connectivity index (χ2n) is 3.86. The van der Waals surface area contributed by atoms with Crippen molar-refractivity contribution in [1.82, 2.24) is 0 Å². The molecule has 20 heavy (non-hydrogen) atoms. The van der Waals surface area contributed by atoms with Crippen LogP contribution in [0.25, 0.3) is 0 Å². The molecule has 0 aliphatic heterocycles. The molecule has 0 spiro atoms. The number of halogens is 4. The molecule has 0 aliphatic carbocycles. The van der Waals surface area contributed by atoms with E-state index in [1.54, 1.807) is 0 Å². The number of hydrogen-bond donors (Lipinski definition) is 2. The summed E-state index contributed by atoms with van der Waals surface area (Å²) >= 11 is 8.95. The Hall–Kier alpha value is -1.66. The summed E-state index contributed by atoms with van der Waals surface area (Å²) in [6.45, 7) is 0. The number of amidine groups is 1. The van der Waals surface area contributed by atoms with Crippen LogP contribution in [0.5, 0.6) is 11.5 Å². The molecule has 0 saturated carbocycles. The monoisotopic (exact) mass is 360 g/mol. The van der Waals surface area contributed by atoms with E-state index in [-0.39, 0.29) is 11.3 Å². The van der Waals surface area contributed by atoms with Crippen LogP contribution in [0.2, 0.25) is 5.02 Å². The summed E-state index contributed by atoms with van der Waals surface area (Å²) in [5, 5.41) is 7.62. The van der Waals surface area contributed by atoms with Gasteiger partial charge in [0.15, 0.2) is 17.4 Å². The quantitative estimate of drug-likeness (QED) is 0.626. The standard InChI is InChI=1S/C13H8BrClF2N2O/c14-8-5-7(15)1-2-11(8)20-12-9(16)3-6(13(18)19)4-10(12)17/h1-5H,(H3,18,19). The second kappa shape index (κ2) is 5.76. The van der Waals surface area contributed by atoms with E-state index in [1.165, 1.54) is 18.2 Å². The SMILES string of the molecule is N=C(N)c1cc(F)c(Oc2ccc(Cl)cc2Br)c(F)c1. The first-order valence-corrected chi connectivity index (χ1v) is 6.52. The molecular weight excluding hydrogens is 354 g/mol. The Balaban J connectivity index is 2.41. The van der Waals surface area contributed by atoms with Crippen LogP contribution in [0.15, 0.2) is 34.8 Å². The van der Waals surface area contributed by atoms with E-state index in [9.17, 15) is 8.78 Å². The lowest BCUT2D eigenvalue weighted by molar-refractivity contribution is 0.405. The molecule has 2 aromatic rings. The largest absolute Gasteiger partial charge is 0.450 e. The minimum atomic E-state index is -0.947. The highest BCUT2D eigenvalue weighted by Gasteiger charge is 2.16. The Morgan fingerprint density at radius 2 is 1.80 bits per heavy atom. The molecule has 104 valence electrons. The maximum absolute atomic E-state index is 13.8. The molecule has 0 aromatic heterocycles. The predicted molar refractivity (Wildman–Crippen MR) is 76.6 cm³/mol. The van der Waals surface area contributed by atoms with Gasteiger partial charge in [-0.05, 0) is 46.3 Å². The van der Waals surface area contributed by atoms with Gasteiger partial charge in [-0.1, -0.05) is 11.6 Å². The highest BCUT2D eigenvalue weighted by Crippen LogP contribution is 2.34. The molecule has 0 saturated heterocycles. The third kappa shape index (κ3) is 3.08. The highest BCUT2D eigenvalue weighted by molar-refractivity contribution is 9.10. The van der Waals surface area contributed by atoms with Gasteiger partial charge in [-0.25, -0.2) is 8.78 Å². The summed E-state index contributed by atoms with van der Waals surface area (Å²) in [4.78, 5) is 0. The second-order valence-corrected chi connectivity index (χ2v) is 5.15. The zero-order valence-electron chi connectivity index (χ0n) is 9.88. The summed E-state index contributed by atoms with van der Waals surface area (Å²) in [5.41, 5.74) is 5.13. The highest BCUT2D eigenvalue weighted by atomic mass is 79.9. The molecular formula is C13H8BrClF2N2O. The van der Waals surface area contributed by atoms with Gasteiger partial charge in [0.25, 0.3) is 0 Å². The van der Waals surface area contributed by atoms with Crippen molar-refractivity contribution in [3.8, 4) is 11.5 Å². The molecule has 0 aliphatic rings. The fourth-order valence-corrected chi connectivity index (χ4v) is 2.24. The van der Waals surface area contributed by atoms with Crippen molar-refractivity contribution in [3.05, 3.63) is 57.0 Å². The van der Waals surface area contributed by atoms with Crippen LogP contribution in [0.4, 0.5) is 8.78 Å². The van der Waals surface area contributed by atoms with Crippen molar-refractivity contribution in [2.45, 2.75) is 0 Å². The normalized spacial score (nSPS) is 10.4. The van der Waals surface area contributed by atoms with E-state index >= 15 is 0 Å². The zero-order chi connectivity index (χ0) is 14.9. The average molecular weight is 362 g/mol. The molecule has 3 nitrogen and oxygen atoms in total. The van der Waals surface area contributed by atoms with Crippen LogP contribution in [0.1, 0.15) is 5.56 Å². The van der Waals surface area contributed by atoms with Crippen molar-refractivity contribution in [2.75, 3.05) is 0 Å². The Morgan fingerprint density at radius 1 is 1.20 bits per heavy atom. The van der Waals surface area contributed by atoms with Crippen LogP contribution in [0, 0.1) is 17.0 Å². The van der Waals surface area contributed by atoms with Gasteiger partial charge in [0, 0.05) is 10.6 Å². The van der Waals surface area contributed by atoms with E-state index in [1.807, 2.05) is 0 Å². The van der Waals surface area contributed by atoms with Gasteiger partial charge < -0.3 is 10.5 Å². The lowest BCUT2D eigenvalue weighted by Crippen LogP contribution is -2.12. The van der Waals surface area contributed by atoms with E-state index in [4.69, 9.17) is 27.5 Å². The maximum atomic E-state index is 13.8. The van der Waals surface area contributed by atoms with Crippen molar-refractivity contribution >= 4 is 33.4 Å². The van der Waals surface area contributed by atoms with Crippen LogP contribution in [-0.4, -0.2) is 5.84 Å². The van der Waals surface area contributed by atoms with Gasteiger partial charge >= 0.3 is 0 Å². The molecule has 2 rings (SSSR count). The fourth-order valence-electron chi connectivity index (χ4n) is 1.48. The zero-order valence-corrected chi connectivity index (χ0v) is 12.2. The first-order valence-electron chi connectivity index (χ1n) is 5.35. The van der Waals surface area contributed by atoms with Crippen LogP contribution < -0.4 is 10.5 Å². The Bertz CT molecular complexity index is 671. The first-order chi connectivity index (χ1) is 9.38. The Labute approximate surface area is 126 Å². The van der Waals surface area contributed by atoms with E-state index in [0.717, 1.165) is 12.1 Å². The van der Waals surface area contributed by atoms with Crippen molar-refractivity contribution in [3.63, 3.8) is 0 Å². The minimum Gasteiger partial charge on any atom is -0.450 e. The molecule has 0 heterocycles. The van der Waals surface area contributed by atoms with Gasteiger partial charge in [-0.2, -0.15) is 0 Å². The lowest BCUT2D eigenvalue weighted by atomic mass is 10.2. The molecule has 0 radical (unpaired) electrons. The van der Waals surface area contributed by atoms with Crippen LogP contribution in [-0.2, 0) is 0 Å². The third-order valence-corrected chi connectivity index (χ3v) is 3.27. The number of nitrogen functional groups attached to an aromatic ring is 1. The molecule has 7 heteroatoms. The van der Waals surface area contributed by atoms with Crippen LogP contribution in [0.3, 0.4) is 0 Å². The predicted octanol–water partition coefficient (Wildman–Crippen LogP) is 4.46. The number of hydrogen-bond acceptors (Lipinski definition) is 2. The number of benzene rings is 2. The minimum absolute atomic E-state index is 0.0532.